The molecule has 0 spiro atoms. The monoisotopic (exact) mass is 500 g/mol. The largest absolute Gasteiger partial charge is 0.416 e. The number of nitrogens with one attached hydrogen (secondary N) is 1. The van der Waals surface area contributed by atoms with Gasteiger partial charge in [0.25, 0.3) is 5.91 Å². The van der Waals surface area contributed by atoms with Crippen molar-refractivity contribution in [3.8, 4) is 5.69 Å². The Kier molecular flexibility index (Phi) is 6.66. The number of halogens is 3. The van der Waals surface area contributed by atoms with Crippen LogP contribution in [-0.4, -0.2) is 28.1 Å². The van der Waals surface area contributed by atoms with Crippen LogP contribution in [0.3, 0.4) is 0 Å². The number of nitrogens with two attached hydrogens (primary N) is 1. The molecule has 35 heavy (non-hydrogen) atoms. The molecule has 2 amide bonds. The Bertz CT molecular complexity index is 1410. The second-order valence-corrected chi connectivity index (χ2v) is 9.58. The molecule has 4 rings (SSSR count). The van der Waals surface area contributed by atoms with E-state index in [1.807, 2.05) is 38.1 Å². The molecular formula is C25H23F3N4O2S. The smallest absolute Gasteiger partial charge is 0.368 e. The Labute approximate surface area is 203 Å². The minimum absolute atomic E-state index is 0.0633. The molecule has 0 aliphatic heterocycles. The number of hydrogen-bond donors (Lipinski definition) is 2. The number of benzene rings is 2. The van der Waals surface area contributed by atoms with Gasteiger partial charge in [-0.25, -0.2) is 4.68 Å². The lowest BCUT2D eigenvalue weighted by molar-refractivity contribution is -0.137. The molecule has 0 saturated carbocycles. The molecule has 0 aliphatic rings. The number of nitrogens with zero attached hydrogens (tertiary/aromatic N) is 2. The molecule has 0 unspecified atom stereocenters. The Hall–Kier alpha value is -3.66. The number of carbonyl (C=O) groups is 2. The standard InChI is InChI=1S/C25H23F3N4O2S/c1-14(2)22-19(24(34)30-13-21(29)33)12-31-32(22)20-8-4-6-16-11-18(35-23(16)20)10-15-5-3-7-17(9-15)25(26,27)28/h3-9,11-12,14H,10,13H2,1-2H3,(H2,29,33)(H,30,34). The van der Waals surface area contributed by atoms with Crippen LogP contribution in [0.1, 0.15) is 51.8 Å². The molecule has 10 heteroatoms. The Balaban J connectivity index is 1.72. The van der Waals surface area contributed by atoms with E-state index in [0.29, 0.717) is 23.2 Å². The zero-order chi connectivity index (χ0) is 25.3. The molecule has 0 atom stereocenters. The third-order valence-corrected chi connectivity index (χ3v) is 6.63. The molecule has 2 aromatic carbocycles. The molecule has 2 heterocycles. The predicted molar refractivity (Wildman–Crippen MR) is 129 cm³/mol. The number of hydrogen-bond acceptors (Lipinski definition) is 4. The summed E-state index contributed by atoms with van der Waals surface area (Å²) in [7, 11) is 0. The van der Waals surface area contributed by atoms with Crippen molar-refractivity contribution in [3.63, 3.8) is 0 Å². The molecule has 2 aromatic heterocycles. The average molecular weight is 501 g/mol. The van der Waals surface area contributed by atoms with Crippen LogP contribution < -0.4 is 11.1 Å². The highest BCUT2D eigenvalue weighted by Crippen LogP contribution is 2.35. The first-order chi connectivity index (χ1) is 16.5. The van der Waals surface area contributed by atoms with Crippen molar-refractivity contribution in [2.75, 3.05) is 6.54 Å². The van der Waals surface area contributed by atoms with E-state index in [-0.39, 0.29) is 12.5 Å². The third kappa shape index (κ3) is 5.22. The molecule has 6 nitrogen and oxygen atoms in total. The van der Waals surface area contributed by atoms with E-state index in [9.17, 15) is 22.8 Å². The van der Waals surface area contributed by atoms with Gasteiger partial charge in [0.05, 0.1) is 39.9 Å². The highest BCUT2D eigenvalue weighted by Gasteiger charge is 2.30. The van der Waals surface area contributed by atoms with Crippen LogP contribution in [-0.2, 0) is 17.4 Å². The molecule has 0 bridgehead atoms. The van der Waals surface area contributed by atoms with E-state index < -0.39 is 23.6 Å². The number of fused-ring (bicyclic) bond motifs is 1. The minimum atomic E-state index is -4.39. The quantitative estimate of drug-likeness (QED) is 0.373. The maximum atomic E-state index is 13.1. The zero-order valence-electron chi connectivity index (χ0n) is 19.0. The second kappa shape index (κ2) is 9.53. The van der Waals surface area contributed by atoms with Gasteiger partial charge in [0, 0.05) is 11.3 Å². The second-order valence-electron chi connectivity index (χ2n) is 8.44. The number of primary amides is 1. The maximum absolute atomic E-state index is 13.1. The SMILES string of the molecule is CC(C)c1c(C(=O)NCC(N)=O)cnn1-c1cccc2cc(Cc3cccc(C(F)(F)F)c3)sc12. The van der Waals surface area contributed by atoms with E-state index in [2.05, 4.69) is 10.4 Å². The van der Waals surface area contributed by atoms with Gasteiger partial charge in [-0.2, -0.15) is 18.3 Å². The summed E-state index contributed by atoms with van der Waals surface area (Å²) < 4.78 is 41.9. The van der Waals surface area contributed by atoms with Crippen molar-refractivity contribution >= 4 is 33.2 Å². The summed E-state index contributed by atoms with van der Waals surface area (Å²) in [5, 5.41) is 7.89. The summed E-state index contributed by atoms with van der Waals surface area (Å²) in [5.41, 5.74) is 6.82. The summed E-state index contributed by atoms with van der Waals surface area (Å²) in [6.07, 6.45) is -2.57. The normalized spacial score (nSPS) is 11.8. The molecule has 0 saturated heterocycles. The lowest BCUT2D eigenvalue weighted by Crippen LogP contribution is -2.33. The minimum Gasteiger partial charge on any atom is -0.368 e. The van der Waals surface area contributed by atoms with Gasteiger partial charge in [0.2, 0.25) is 5.91 Å². The summed E-state index contributed by atoms with van der Waals surface area (Å²) in [6.45, 7) is 3.60. The van der Waals surface area contributed by atoms with Crippen LogP contribution in [0.5, 0.6) is 0 Å². The summed E-state index contributed by atoms with van der Waals surface area (Å²) in [6, 6.07) is 13.0. The fourth-order valence-electron chi connectivity index (χ4n) is 3.96. The average Bonchev–Trinajstić information content (AvgIpc) is 3.41. The van der Waals surface area contributed by atoms with E-state index in [0.717, 1.165) is 26.7 Å². The fourth-order valence-corrected chi connectivity index (χ4v) is 5.15. The van der Waals surface area contributed by atoms with Crippen molar-refractivity contribution in [2.24, 2.45) is 5.73 Å². The van der Waals surface area contributed by atoms with E-state index in [1.54, 1.807) is 10.7 Å². The third-order valence-electron chi connectivity index (χ3n) is 5.46. The molecule has 3 N–H and O–H groups in total. The molecule has 0 fully saturated rings. The van der Waals surface area contributed by atoms with E-state index >= 15 is 0 Å². The molecular weight excluding hydrogens is 477 g/mol. The molecule has 0 aliphatic carbocycles. The maximum Gasteiger partial charge on any atom is 0.416 e. The molecule has 4 aromatic rings. The molecule has 182 valence electrons. The molecule has 0 radical (unpaired) electrons. The summed E-state index contributed by atoms with van der Waals surface area (Å²) in [5.74, 6) is -1.15. The van der Waals surface area contributed by atoms with Crippen molar-refractivity contribution in [1.82, 2.24) is 15.1 Å². The van der Waals surface area contributed by atoms with Gasteiger partial charge < -0.3 is 11.1 Å². The summed E-state index contributed by atoms with van der Waals surface area (Å²) >= 11 is 1.48. The predicted octanol–water partition coefficient (Wildman–Crippen LogP) is 5.04. The lowest BCUT2D eigenvalue weighted by Gasteiger charge is -2.13. The summed E-state index contributed by atoms with van der Waals surface area (Å²) in [4.78, 5) is 24.6. The van der Waals surface area contributed by atoms with Gasteiger partial charge in [-0.1, -0.05) is 44.2 Å². The number of aromatic nitrogens is 2. The Morgan fingerprint density at radius 2 is 1.89 bits per heavy atom. The van der Waals surface area contributed by atoms with Gasteiger partial charge >= 0.3 is 6.18 Å². The van der Waals surface area contributed by atoms with Gasteiger partial charge in [-0.15, -0.1) is 11.3 Å². The van der Waals surface area contributed by atoms with Gasteiger partial charge in [0.1, 0.15) is 0 Å². The van der Waals surface area contributed by atoms with Crippen molar-refractivity contribution in [2.45, 2.75) is 32.4 Å². The van der Waals surface area contributed by atoms with Crippen molar-refractivity contribution in [1.29, 1.82) is 0 Å². The van der Waals surface area contributed by atoms with E-state index in [1.165, 1.54) is 29.7 Å². The number of thiophene rings is 1. The highest BCUT2D eigenvalue weighted by atomic mass is 32.1. The number of alkyl halides is 3. The first-order valence-corrected chi connectivity index (χ1v) is 11.7. The number of carbonyl (C=O) groups excluding carboxylic acids is 2. The van der Waals surface area contributed by atoms with Crippen LogP contribution in [0.4, 0.5) is 13.2 Å². The van der Waals surface area contributed by atoms with Crippen LogP contribution in [0.2, 0.25) is 0 Å². The van der Waals surface area contributed by atoms with Crippen LogP contribution in [0, 0.1) is 0 Å². The topological polar surface area (TPSA) is 90.0 Å². The van der Waals surface area contributed by atoms with Gasteiger partial charge in [0.15, 0.2) is 0 Å². The Morgan fingerprint density at radius 1 is 1.14 bits per heavy atom. The van der Waals surface area contributed by atoms with Crippen LogP contribution in [0.25, 0.3) is 15.8 Å². The first kappa shape index (κ1) is 24.5. The first-order valence-electron chi connectivity index (χ1n) is 10.9. The van der Waals surface area contributed by atoms with Gasteiger partial charge in [-0.3, -0.25) is 9.59 Å². The fraction of sp³-hybridized carbons (Fsp3) is 0.240. The van der Waals surface area contributed by atoms with Crippen molar-refractivity contribution in [3.05, 3.63) is 82.0 Å². The lowest BCUT2D eigenvalue weighted by atomic mass is 10.0. The van der Waals surface area contributed by atoms with E-state index in [4.69, 9.17) is 5.73 Å². The van der Waals surface area contributed by atoms with Crippen LogP contribution >= 0.6 is 11.3 Å². The van der Waals surface area contributed by atoms with Crippen LogP contribution in [0.15, 0.2) is 54.7 Å². The van der Waals surface area contributed by atoms with Crippen molar-refractivity contribution < 1.29 is 22.8 Å². The highest BCUT2D eigenvalue weighted by molar-refractivity contribution is 7.19. The van der Waals surface area contributed by atoms with Gasteiger partial charge in [-0.05, 0) is 35.1 Å². The zero-order valence-corrected chi connectivity index (χ0v) is 19.8. The number of amides is 2. The Morgan fingerprint density at radius 3 is 2.57 bits per heavy atom. The number of rotatable bonds is 7.